The number of allylic oxidation sites excluding steroid dienone is 3. The molecule has 53 heavy (non-hydrogen) atoms. The molecular formula is C49H95NO3. The van der Waals surface area contributed by atoms with E-state index < -0.39 is 12.1 Å². The molecule has 4 heteroatoms. The number of unbranched alkanes of at least 4 members (excludes halogenated alkanes) is 35. The monoisotopic (exact) mass is 746 g/mol. The number of amides is 1. The van der Waals surface area contributed by atoms with Gasteiger partial charge in [0.2, 0.25) is 5.91 Å². The molecule has 314 valence electrons. The SMILES string of the molecule is CCCCCCCC/C=C\CCCCCCCCCCCC(=O)NC(CO)C(O)/C=C/CCCCCCCCCCCCCCCCCCCCCC. The van der Waals surface area contributed by atoms with Crippen LogP contribution in [0.4, 0.5) is 0 Å². The first-order chi connectivity index (χ1) is 26.2. The van der Waals surface area contributed by atoms with Gasteiger partial charge in [-0.1, -0.05) is 237 Å². The van der Waals surface area contributed by atoms with E-state index in [2.05, 4.69) is 31.3 Å². The van der Waals surface area contributed by atoms with Gasteiger partial charge in [-0.2, -0.15) is 0 Å². The van der Waals surface area contributed by atoms with E-state index in [1.807, 2.05) is 6.08 Å². The summed E-state index contributed by atoms with van der Waals surface area (Å²) in [5, 5.41) is 23.1. The summed E-state index contributed by atoms with van der Waals surface area (Å²) in [5.74, 6) is -0.0633. The minimum absolute atomic E-state index is 0.0633. The van der Waals surface area contributed by atoms with E-state index in [0.29, 0.717) is 6.42 Å². The number of hydrogen-bond donors (Lipinski definition) is 3. The molecule has 0 bridgehead atoms. The van der Waals surface area contributed by atoms with Gasteiger partial charge in [0, 0.05) is 6.42 Å². The highest BCUT2D eigenvalue weighted by molar-refractivity contribution is 5.76. The van der Waals surface area contributed by atoms with E-state index >= 15 is 0 Å². The Morgan fingerprint density at radius 3 is 1.04 bits per heavy atom. The molecule has 0 radical (unpaired) electrons. The van der Waals surface area contributed by atoms with Crippen LogP contribution in [0.25, 0.3) is 0 Å². The maximum Gasteiger partial charge on any atom is 0.220 e. The Morgan fingerprint density at radius 1 is 0.434 bits per heavy atom. The highest BCUT2D eigenvalue weighted by Gasteiger charge is 2.18. The standard InChI is InChI=1S/C49H95NO3/c1-3-5-7-9-11-13-15-17-19-21-23-24-25-27-28-30-32-34-36-38-40-42-44-48(52)47(46-51)50-49(53)45-43-41-39-37-35-33-31-29-26-22-20-18-16-14-12-10-8-6-4-2/h18,20,42,44,47-48,51-52H,3-17,19,21-41,43,45-46H2,1-2H3,(H,50,53)/b20-18-,44-42+. The quantitative estimate of drug-likeness (QED) is 0.0430. The number of aliphatic hydroxyl groups excluding tert-OH is 2. The van der Waals surface area contributed by atoms with Crippen molar-refractivity contribution in [3.05, 3.63) is 24.3 Å². The Morgan fingerprint density at radius 2 is 0.717 bits per heavy atom. The summed E-state index contributed by atoms with van der Waals surface area (Å²) in [6.45, 7) is 4.33. The van der Waals surface area contributed by atoms with Gasteiger partial charge in [-0.05, 0) is 44.9 Å². The molecular weight excluding hydrogens is 651 g/mol. The third-order valence-corrected chi connectivity index (χ3v) is 11.2. The van der Waals surface area contributed by atoms with Crippen LogP contribution in [0.2, 0.25) is 0 Å². The lowest BCUT2D eigenvalue weighted by molar-refractivity contribution is -0.123. The van der Waals surface area contributed by atoms with Crippen molar-refractivity contribution < 1.29 is 15.0 Å². The Balaban J connectivity index is 3.52. The first kappa shape index (κ1) is 51.9. The average molecular weight is 746 g/mol. The molecule has 0 fully saturated rings. The van der Waals surface area contributed by atoms with E-state index in [4.69, 9.17) is 0 Å². The molecule has 3 N–H and O–H groups in total. The third-order valence-electron chi connectivity index (χ3n) is 11.2. The summed E-state index contributed by atoms with van der Waals surface area (Å²) in [5.41, 5.74) is 0. The maximum absolute atomic E-state index is 12.4. The Bertz CT molecular complexity index is 765. The van der Waals surface area contributed by atoms with Gasteiger partial charge in [0.15, 0.2) is 0 Å². The molecule has 2 unspecified atom stereocenters. The number of carbonyl (C=O) groups excluding carboxylic acids is 1. The van der Waals surface area contributed by atoms with Gasteiger partial charge in [-0.3, -0.25) is 4.79 Å². The van der Waals surface area contributed by atoms with Crippen LogP contribution >= 0.6 is 0 Å². The van der Waals surface area contributed by atoms with Crippen LogP contribution < -0.4 is 5.32 Å². The zero-order valence-corrected chi connectivity index (χ0v) is 36.1. The molecule has 0 saturated heterocycles. The average Bonchev–Trinajstić information content (AvgIpc) is 3.16. The first-order valence-electron chi connectivity index (χ1n) is 24.1. The van der Waals surface area contributed by atoms with Gasteiger partial charge in [-0.15, -0.1) is 0 Å². The number of carbonyl (C=O) groups is 1. The van der Waals surface area contributed by atoms with Gasteiger partial charge >= 0.3 is 0 Å². The van der Waals surface area contributed by atoms with Crippen molar-refractivity contribution >= 4 is 5.91 Å². The fourth-order valence-electron chi connectivity index (χ4n) is 7.47. The summed E-state index contributed by atoms with van der Waals surface area (Å²) in [6.07, 6.45) is 58.7. The fraction of sp³-hybridized carbons (Fsp3) is 0.898. The van der Waals surface area contributed by atoms with Crippen LogP contribution in [0.5, 0.6) is 0 Å². The molecule has 0 saturated carbocycles. The topological polar surface area (TPSA) is 69.6 Å². The number of rotatable bonds is 44. The molecule has 0 aromatic carbocycles. The van der Waals surface area contributed by atoms with Crippen molar-refractivity contribution in [1.82, 2.24) is 5.32 Å². The normalized spacial score (nSPS) is 13.1. The third kappa shape index (κ3) is 41.9. The number of aliphatic hydroxyl groups is 2. The molecule has 0 aromatic rings. The molecule has 0 spiro atoms. The summed E-state index contributed by atoms with van der Waals surface area (Å²) in [7, 11) is 0. The van der Waals surface area contributed by atoms with Gasteiger partial charge < -0.3 is 15.5 Å². The van der Waals surface area contributed by atoms with Crippen molar-refractivity contribution in [1.29, 1.82) is 0 Å². The second-order valence-electron chi connectivity index (χ2n) is 16.5. The van der Waals surface area contributed by atoms with Gasteiger partial charge in [0.25, 0.3) is 0 Å². The van der Waals surface area contributed by atoms with E-state index in [1.54, 1.807) is 6.08 Å². The van der Waals surface area contributed by atoms with Crippen molar-refractivity contribution in [2.24, 2.45) is 0 Å². The molecule has 0 aromatic heterocycles. The van der Waals surface area contributed by atoms with E-state index in [1.165, 1.54) is 218 Å². The zero-order chi connectivity index (χ0) is 38.6. The van der Waals surface area contributed by atoms with Crippen molar-refractivity contribution in [3.8, 4) is 0 Å². The van der Waals surface area contributed by atoms with Crippen molar-refractivity contribution in [2.45, 2.75) is 276 Å². The Labute approximate surface area is 332 Å². The smallest absolute Gasteiger partial charge is 0.220 e. The predicted octanol–water partition coefficient (Wildman–Crippen LogP) is 15.2. The number of nitrogens with one attached hydrogen (secondary N) is 1. The van der Waals surface area contributed by atoms with Crippen LogP contribution in [0.3, 0.4) is 0 Å². The van der Waals surface area contributed by atoms with Crippen LogP contribution in [0, 0.1) is 0 Å². The lowest BCUT2D eigenvalue weighted by atomic mass is 10.0. The lowest BCUT2D eigenvalue weighted by Gasteiger charge is -2.20. The second-order valence-corrected chi connectivity index (χ2v) is 16.5. The fourth-order valence-corrected chi connectivity index (χ4v) is 7.47. The zero-order valence-electron chi connectivity index (χ0n) is 36.1. The predicted molar refractivity (Wildman–Crippen MR) is 235 cm³/mol. The highest BCUT2D eigenvalue weighted by atomic mass is 16.3. The summed E-state index contributed by atoms with van der Waals surface area (Å²) >= 11 is 0. The largest absolute Gasteiger partial charge is 0.394 e. The molecule has 0 heterocycles. The second kappa shape index (κ2) is 45.3. The van der Waals surface area contributed by atoms with Gasteiger partial charge in [0.1, 0.15) is 0 Å². The Hall–Kier alpha value is -1.13. The van der Waals surface area contributed by atoms with Crippen molar-refractivity contribution in [3.63, 3.8) is 0 Å². The van der Waals surface area contributed by atoms with Crippen LogP contribution in [-0.2, 0) is 4.79 Å². The Kier molecular flexibility index (Phi) is 44.3. The van der Waals surface area contributed by atoms with Gasteiger partial charge in [0.05, 0.1) is 18.8 Å². The maximum atomic E-state index is 12.4. The number of hydrogen-bond acceptors (Lipinski definition) is 3. The molecule has 0 rings (SSSR count). The van der Waals surface area contributed by atoms with Crippen LogP contribution in [0.15, 0.2) is 24.3 Å². The minimum atomic E-state index is -0.838. The van der Waals surface area contributed by atoms with E-state index in [-0.39, 0.29) is 12.5 Å². The summed E-state index contributed by atoms with van der Waals surface area (Å²) < 4.78 is 0. The molecule has 0 aliphatic carbocycles. The molecule has 4 nitrogen and oxygen atoms in total. The highest BCUT2D eigenvalue weighted by Crippen LogP contribution is 2.16. The summed E-state index contributed by atoms with van der Waals surface area (Å²) in [4.78, 5) is 12.4. The molecule has 0 aliphatic heterocycles. The minimum Gasteiger partial charge on any atom is -0.394 e. The van der Waals surface area contributed by atoms with Crippen LogP contribution in [-0.4, -0.2) is 34.9 Å². The first-order valence-corrected chi connectivity index (χ1v) is 24.1. The van der Waals surface area contributed by atoms with E-state index in [9.17, 15) is 15.0 Å². The summed E-state index contributed by atoms with van der Waals surface area (Å²) in [6, 6.07) is -0.621. The van der Waals surface area contributed by atoms with Gasteiger partial charge in [-0.25, -0.2) is 0 Å². The molecule has 2 atom stereocenters. The molecule has 0 aliphatic rings. The lowest BCUT2D eigenvalue weighted by Crippen LogP contribution is -2.45. The van der Waals surface area contributed by atoms with Crippen LogP contribution in [0.1, 0.15) is 264 Å². The molecule has 1 amide bonds. The van der Waals surface area contributed by atoms with Crippen molar-refractivity contribution in [2.75, 3.05) is 6.61 Å². The van der Waals surface area contributed by atoms with E-state index in [0.717, 1.165) is 25.7 Å².